The lowest BCUT2D eigenvalue weighted by atomic mass is 10.1. The minimum Gasteiger partial charge on any atom is -0.463 e. The molecule has 5 atom stereocenters. The number of carbonyl (C=O) groups is 3. The van der Waals surface area contributed by atoms with Crippen LogP contribution >= 0.6 is 15.6 Å². The van der Waals surface area contributed by atoms with Gasteiger partial charge in [0.1, 0.15) is 25.4 Å². The number of phosphoric ester groups is 2. The quantitative estimate of drug-likeness (QED) is 0.0146. The molecule has 16 nitrogen and oxygen atoms in total. The average Bonchev–Trinajstić information content (AvgIpc) is 3.74. The van der Waals surface area contributed by atoms with Crippen LogP contribution in [-0.4, -0.2) is 95.9 Å². The van der Waals surface area contributed by atoms with E-state index in [1.54, 1.807) is 0 Å². The minimum absolute atomic E-state index is 0.0827. The number of allylic oxidation sites excluding steroid dienone is 20. The number of carbonyl (C=O) groups excluding carboxylic acids is 3. The topological polar surface area (TPSA) is 231 Å². The second-order valence-electron chi connectivity index (χ2n) is 22.9. The summed E-state index contributed by atoms with van der Waals surface area (Å²) in [5.41, 5.74) is 0. The number of esters is 3. The van der Waals surface area contributed by atoms with Crippen LogP contribution in [0.3, 0.4) is 0 Å². The summed E-state index contributed by atoms with van der Waals surface area (Å²) in [6.07, 6.45) is 75.3. The van der Waals surface area contributed by atoms with E-state index in [1.165, 1.54) is 19.3 Å². The van der Waals surface area contributed by atoms with E-state index in [1.807, 2.05) is 0 Å². The van der Waals surface area contributed by atoms with Gasteiger partial charge in [0.15, 0.2) is 6.10 Å². The van der Waals surface area contributed by atoms with Crippen LogP contribution in [0, 0.1) is 0 Å². The molecule has 0 rings (SSSR count). The van der Waals surface area contributed by atoms with Crippen LogP contribution in [0.25, 0.3) is 0 Å². The Morgan fingerprint density at radius 3 is 0.967 bits per heavy atom. The summed E-state index contributed by atoms with van der Waals surface area (Å²) < 4.78 is 60.9. The third-order valence-electron chi connectivity index (χ3n) is 14.1. The molecule has 0 aromatic carbocycles. The number of aliphatic hydroxyl groups excluding tert-OH is 2. The van der Waals surface area contributed by atoms with Crippen molar-refractivity contribution in [3.05, 3.63) is 122 Å². The van der Waals surface area contributed by atoms with Crippen molar-refractivity contribution in [3.63, 3.8) is 0 Å². The predicted octanol–water partition coefficient (Wildman–Crippen LogP) is 19.4. The van der Waals surface area contributed by atoms with Gasteiger partial charge in [-0.15, -0.1) is 0 Å². The molecule has 0 fully saturated rings. The molecular formula is C73H124O16P2. The van der Waals surface area contributed by atoms with Gasteiger partial charge >= 0.3 is 33.6 Å². The van der Waals surface area contributed by atoms with Crippen molar-refractivity contribution in [1.29, 1.82) is 0 Å². The standard InChI is InChI=1S/C73H124O16P2/c1-4-7-10-13-16-19-22-25-27-29-31-32-33-34-36-38-39-42-44-47-50-53-56-59-71(76)83-62-68(74)63-85-90(79,80)86-64-69(75)65-87-91(81,82)88-67-70(89-73(78)61-58-55-52-49-46-41-24-21-18-15-12-9-6-3)66-84-72(77)60-57-54-51-48-45-43-40-37-35-30-28-26-23-20-17-14-11-8-5-2/h7,10,12,15-17,19-21,24-28,31-32,34-37,68-70,74-75H,4-6,8-9,11,13-14,18,22-23,29-30,33,38-67H2,1-3H3,(H,79,80)(H,81,82)/b10-7-,15-12-,19-16-,20-17-,24-21-,27-25-,28-26-,32-31-,36-34-,37-35-. The highest BCUT2D eigenvalue weighted by Crippen LogP contribution is 2.45. The fourth-order valence-electron chi connectivity index (χ4n) is 8.82. The van der Waals surface area contributed by atoms with E-state index in [-0.39, 0.29) is 19.3 Å². The summed E-state index contributed by atoms with van der Waals surface area (Å²) in [4.78, 5) is 58.4. The Morgan fingerprint density at radius 2 is 0.604 bits per heavy atom. The first-order chi connectivity index (χ1) is 44.2. The van der Waals surface area contributed by atoms with E-state index in [2.05, 4.69) is 142 Å². The Hall–Kier alpha value is -4.05. The second kappa shape index (κ2) is 66.0. The monoisotopic (exact) mass is 1320 g/mol. The number of phosphoric acid groups is 2. The summed E-state index contributed by atoms with van der Waals surface area (Å²) in [5, 5.41) is 20.6. The molecule has 0 aliphatic heterocycles. The summed E-state index contributed by atoms with van der Waals surface area (Å²) in [7, 11) is -9.79. The van der Waals surface area contributed by atoms with Gasteiger partial charge in [0.05, 0.1) is 26.4 Å². The van der Waals surface area contributed by atoms with Crippen LogP contribution in [0.4, 0.5) is 0 Å². The molecule has 0 aromatic heterocycles. The van der Waals surface area contributed by atoms with Gasteiger partial charge in [-0.25, -0.2) is 9.13 Å². The van der Waals surface area contributed by atoms with Crippen LogP contribution in [0.5, 0.6) is 0 Å². The molecule has 0 saturated heterocycles. The molecule has 522 valence electrons. The maximum Gasteiger partial charge on any atom is 0.472 e. The maximum absolute atomic E-state index is 12.9. The van der Waals surface area contributed by atoms with E-state index >= 15 is 0 Å². The van der Waals surface area contributed by atoms with Gasteiger partial charge in [0, 0.05) is 19.3 Å². The number of aliphatic hydroxyl groups is 2. The van der Waals surface area contributed by atoms with Crippen LogP contribution in [-0.2, 0) is 55.8 Å². The van der Waals surface area contributed by atoms with Crippen molar-refractivity contribution in [2.45, 2.75) is 283 Å². The van der Waals surface area contributed by atoms with Gasteiger partial charge in [-0.1, -0.05) is 239 Å². The largest absolute Gasteiger partial charge is 0.472 e. The van der Waals surface area contributed by atoms with Gasteiger partial charge in [0.2, 0.25) is 0 Å². The van der Waals surface area contributed by atoms with Crippen LogP contribution < -0.4 is 0 Å². The predicted molar refractivity (Wildman–Crippen MR) is 371 cm³/mol. The molecule has 0 aliphatic rings. The Bertz CT molecular complexity index is 2140. The van der Waals surface area contributed by atoms with E-state index in [0.717, 1.165) is 186 Å². The highest BCUT2D eigenvalue weighted by Gasteiger charge is 2.29. The molecule has 91 heavy (non-hydrogen) atoms. The zero-order valence-electron chi connectivity index (χ0n) is 56.5. The highest BCUT2D eigenvalue weighted by molar-refractivity contribution is 7.47. The van der Waals surface area contributed by atoms with Crippen molar-refractivity contribution in [1.82, 2.24) is 0 Å². The lowest BCUT2D eigenvalue weighted by molar-refractivity contribution is -0.161. The fraction of sp³-hybridized carbons (Fsp3) is 0.685. The summed E-state index contributed by atoms with van der Waals surface area (Å²) in [6.45, 7) is 2.41. The maximum atomic E-state index is 12.9. The zero-order chi connectivity index (χ0) is 66.7. The Kier molecular flexibility index (Phi) is 63.1. The normalized spacial score (nSPS) is 14.9. The zero-order valence-corrected chi connectivity index (χ0v) is 58.3. The third kappa shape index (κ3) is 67.2. The van der Waals surface area contributed by atoms with Crippen LogP contribution in [0.15, 0.2) is 122 Å². The smallest absolute Gasteiger partial charge is 0.463 e. The second-order valence-corrected chi connectivity index (χ2v) is 25.8. The first-order valence-corrected chi connectivity index (χ1v) is 37.8. The van der Waals surface area contributed by atoms with E-state index < -0.39 is 91.5 Å². The molecule has 4 N–H and O–H groups in total. The van der Waals surface area contributed by atoms with Crippen molar-refractivity contribution >= 4 is 33.6 Å². The molecule has 0 heterocycles. The third-order valence-corrected chi connectivity index (χ3v) is 16.0. The van der Waals surface area contributed by atoms with Crippen molar-refractivity contribution in [2.75, 3.05) is 39.6 Å². The molecule has 18 heteroatoms. The van der Waals surface area contributed by atoms with Crippen LogP contribution in [0.2, 0.25) is 0 Å². The Balaban J connectivity index is 4.63. The molecule has 0 spiro atoms. The molecule has 0 saturated carbocycles. The van der Waals surface area contributed by atoms with Crippen molar-refractivity contribution in [2.24, 2.45) is 0 Å². The van der Waals surface area contributed by atoms with E-state index in [4.69, 9.17) is 32.3 Å². The van der Waals surface area contributed by atoms with E-state index in [0.29, 0.717) is 19.3 Å². The van der Waals surface area contributed by atoms with Gasteiger partial charge in [-0.2, -0.15) is 0 Å². The molecule has 0 aromatic rings. The van der Waals surface area contributed by atoms with Gasteiger partial charge in [-0.3, -0.25) is 32.5 Å². The number of hydrogen-bond acceptors (Lipinski definition) is 14. The lowest BCUT2D eigenvalue weighted by Crippen LogP contribution is -2.30. The summed E-state index contributed by atoms with van der Waals surface area (Å²) >= 11 is 0. The Morgan fingerprint density at radius 1 is 0.319 bits per heavy atom. The fourth-order valence-corrected chi connectivity index (χ4v) is 10.4. The number of unbranched alkanes of at least 4 members (excludes halogenated alkanes) is 22. The van der Waals surface area contributed by atoms with Gasteiger partial charge in [-0.05, 0) is 128 Å². The van der Waals surface area contributed by atoms with Gasteiger partial charge < -0.3 is 34.2 Å². The number of hydrogen-bond donors (Lipinski definition) is 4. The summed E-state index contributed by atoms with van der Waals surface area (Å²) in [6, 6.07) is 0. The van der Waals surface area contributed by atoms with Crippen molar-refractivity contribution in [3.8, 4) is 0 Å². The first kappa shape index (κ1) is 87.0. The first-order valence-electron chi connectivity index (χ1n) is 34.8. The van der Waals surface area contributed by atoms with Crippen LogP contribution in [0.1, 0.15) is 265 Å². The molecule has 0 radical (unpaired) electrons. The number of rotatable bonds is 65. The van der Waals surface area contributed by atoms with E-state index in [9.17, 15) is 43.5 Å². The summed E-state index contributed by atoms with van der Waals surface area (Å²) in [5.74, 6) is -1.62. The molecule has 0 amide bonds. The molecular weight excluding hydrogens is 1190 g/mol. The lowest BCUT2D eigenvalue weighted by Gasteiger charge is -2.21. The molecule has 5 unspecified atom stereocenters. The van der Waals surface area contributed by atoms with Gasteiger partial charge in [0.25, 0.3) is 0 Å². The molecule has 0 aliphatic carbocycles. The number of ether oxygens (including phenoxy) is 3. The average molecular weight is 1320 g/mol. The highest BCUT2D eigenvalue weighted by atomic mass is 31.2. The molecule has 0 bridgehead atoms. The Labute approximate surface area is 551 Å². The SMILES string of the molecule is CC/C=C\C/C=C\C/C=C\C/C=C\C/C=C\CCCCCCCCCC(=O)OCC(O)COP(=O)(O)OCC(O)COP(=O)(O)OCC(COC(=O)CCCCCCCC/C=C\C/C=C\C/C=C\CCCCC)OC(=O)CCCCCCC/C=C\C/C=C\CCC. The van der Waals surface area contributed by atoms with Crippen molar-refractivity contribution < 1.29 is 75.8 Å². The minimum atomic E-state index is -4.93.